The van der Waals surface area contributed by atoms with E-state index in [9.17, 15) is 19.1 Å². The fourth-order valence-corrected chi connectivity index (χ4v) is 4.37. The van der Waals surface area contributed by atoms with Crippen LogP contribution >= 0.6 is 0 Å². The standard InChI is InChI=1S/C27H22FNO5/c28-20-9-5-4-8-19(20)24-23(25(30)18-10-11-21-22(16-18)34-15-14-33-21)26(31)27(32)29(24)13-12-17-6-2-1-3-7-17/h1-11,16,24,30H,12-15H2/b25-23+/t24-/m1/s1. The normalized spacial score (nSPS) is 18.9. The van der Waals surface area contributed by atoms with Crippen LogP contribution in [0.1, 0.15) is 22.7 Å². The van der Waals surface area contributed by atoms with Crippen LogP contribution in [0.2, 0.25) is 0 Å². The van der Waals surface area contributed by atoms with Crippen molar-refractivity contribution in [2.24, 2.45) is 0 Å². The van der Waals surface area contributed by atoms with Crippen LogP contribution in [0, 0.1) is 5.82 Å². The SMILES string of the molecule is O=C1C(=O)N(CCc2ccccc2)[C@H](c2ccccc2F)/C1=C(\O)c1ccc2c(c1)OCCO2. The number of carbonyl (C=O) groups excluding carboxylic acids is 2. The Balaban J connectivity index is 1.59. The van der Waals surface area contributed by atoms with E-state index in [0.29, 0.717) is 31.1 Å². The first kappa shape index (κ1) is 21.7. The third kappa shape index (κ3) is 3.90. The number of ketones is 1. The number of rotatable bonds is 5. The maximum absolute atomic E-state index is 14.9. The molecular weight excluding hydrogens is 437 g/mol. The molecule has 1 atom stereocenters. The highest BCUT2D eigenvalue weighted by atomic mass is 19.1. The molecular formula is C27H22FNO5. The number of aliphatic hydroxyl groups excluding tert-OH is 1. The van der Waals surface area contributed by atoms with Gasteiger partial charge in [0.05, 0.1) is 11.6 Å². The molecule has 34 heavy (non-hydrogen) atoms. The molecule has 0 unspecified atom stereocenters. The molecule has 1 fully saturated rings. The molecule has 0 spiro atoms. The minimum absolute atomic E-state index is 0.147. The van der Waals surface area contributed by atoms with Crippen molar-refractivity contribution in [3.8, 4) is 11.5 Å². The van der Waals surface area contributed by atoms with Crippen molar-refractivity contribution in [2.75, 3.05) is 19.8 Å². The largest absolute Gasteiger partial charge is 0.507 e. The van der Waals surface area contributed by atoms with E-state index in [2.05, 4.69) is 0 Å². The second kappa shape index (κ2) is 9.02. The molecule has 3 aromatic carbocycles. The Labute approximate surface area is 195 Å². The van der Waals surface area contributed by atoms with Crippen molar-refractivity contribution in [1.29, 1.82) is 0 Å². The monoisotopic (exact) mass is 459 g/mol. The molecule has 2 aliphatic rings. The lowest BCUT2D eigenvalue weighted by molar-refractivity contribution is -0.139. The highest BCUT2D eigenvalue weighted by Crippen LogP contribution is 2.41. The van der Waals surface area contributed by atoms with E-state index >= 15 is 0 Å². The van der Waals surface area contributed by atoms with Gasteiger partial charge in [0, 0.05) is 17.7 Å². The Morgan fingerprint density at radius 2 is 1.65 bits per heavy atom. The Bertz CT molecular complexity index is 1290. The van der Waals surface area contributed by atoms with Gasteiger partial charge in [0.15, 0.2) is 11.5 Å². The number of ether oxygens (including phenoxy) is 2. The lowest BCUT2D eigenvalue weighted by Crippen LogP contribution is -2.32. The second-order valence-electron chi connectivity index (χ2n) is 8.11. The molecule has 172 valence electrons. The van der Waals surface area contributed by atoms with Gasteiger partial charge in [0.1, 0.15) is 24.8 Å². The molecule has 2 aliphatic heterocycles. The van der Waals surface area contributed by atoms with Gasteiger partial charge in [-0.2, -0.15) is 0 Å². The molecule has 1 saturated heterocycles. The van der Waals surface area contributed by atoms with Crippen LogP contribution in [0.5, 0.6) is 11.5 Å². The zero-order chi connectivity index (χ0) is 23.7. The molecule has 0 saturated carbocycles. The molecule has 0 bridgehead atoms. The average Bonchev–Trinajstić information content (AvgIpc) is 3.12. The zero-order valence-corrected chi connectivity index (χ0v) is 18.2. The predicted molar refractivity (Wildman–Crippen MR) is 123 cm³/mol. The van der Waals surface area contributed by atoms with Crippen LogP contribution in [0.3, 0.4) is 0 Å². The van der Waals surface area contributed by atoms with Gasteiger partial charge in [-0.15, -0.1) is 0 Å². The van der Waals surface area contributed by atoms with Crippen molar-refractivity contribution >= 4 is 17.4 Å². The first-order valence-corrected chi connectivity index (χ1v) is 11.0. The molecule has 2 heterocycles. The fourth-order valence-electron chi connectivity index (χ4n) is 4.37. The quantitative estimate of drug-likeness (QED) is 0.351. The Hall–Kier alpha value is -4.13. The molecule has 0 aromatic heterocycles. The zero-order valence-electron chi connectivity index (χ0n) is 18.2. The number of nitrogens with zero attached hydrogens (tertiary/aromatic N) is 1. The number of hydrogen-bond acceptors (Lipinski definition) is 5. The van der Waals surface area contributed by atoms with E-state index in [4.69, 9.17) is 9.47 Å². The van der Waals surface area contributed by atoms with Crippen molar-refractivity contribution in [3.05, 3.63) is 101 Å². The number of benzene rings is 3. The van der Waals surface area contributed by atoms with Gasteiger partial charge in [-0.1, -0.05) is 48.5 Å². The molecule has 5 rings (SSSR count). The summed E-state index contributed by atoms with van der Waals surface area (Å²) in [4.78, 5) is 27.5. The number of fused-ring (bicyclic) bond motifs is 1. The minimum atomic E-state index is -1.06. The van der Waals surface area contributed by atoms with Gasteiger partial charge in [-0.05, 0) is 36.2 Å². The number of carbonyl (C=O) groups is 2. The van der Waals surface area contributed by atoms with Gasteiger partial charge in [0.25, 0.3) is 11.7 Å². The van der Waals surface area contributed by atoms with Gasteiger partial charge in [-0.25, -0.2) is 4.39 Å². The number of likely N-dealkylation sites (tertiary alicyclic amines) is 1. The predicted octanol–water partition coefficient (Wildman–Crippen LogP) is 4.26. The summed E-state index contributed by atoms with van der Waals surface area (Å²) in [5.74, 6) is -1.62. The van der Waals surface area contributed by atoms with E-state index < -0.39 is 23.5 Å². The summed E-state index contributed by atoms with van der Waals surface area (Å²) >= 11 is 0. The molecule has 1 N–H and O–H groups in total. The Morgan fingerprint density at radius 1 is 0.941 bits per heavy atom. The fraction of sp³-hybridized carbons (Fsp3) is 0.185. The summed E-state index contributed by atoms with van der Waals surface area (Å²) in [6.45, 7) is 0.958. The maximum Gasteiger partial charge on any atom is 0.295 e. The summed E-state index contributed by atoms with van der Waals surface area (Å²) in [5, 5.41) is 11.2. The highest BCUT2D eigenvalue weighted by Gasteiger charge is 2.46. The summed E-state index contributed by atoms with van der Waals surface area (Å²) in [7, 11) is 0. The van der Waals surface area contributed by atoms with Crippen molar-refractivity contribution < 1.29 is 28.6 Å². The number of Topliss-reactive ketones (excluding diaryl/α,β-unsaturated/α-hetero) is 1. The van der Waals surface area contributed by atoms with Gasteiger partial charge in [-0.3, -0.25) is 9.59 Å². The number of halogens is 1. The Morgan fingerprint density at radius 3 is 2.41 bits per heavy atom. The summed E-state index contributed by atoms with van der Waals surface area (Å²) in [5.41, 5.74) is 1.25. The van der Waals surface area contributed by atoms with Crippen LogP contribution in [0.4, 0.5) is 4.39 Å². The maximum atomic E-state index is 14.9. The third-order valence-electron chi connectivity index (χ3n) is 6.04. The average molecular weight is 459 g/mol. The lowest BCUT2D eigenvalue weighted by Gasteiger charge is -2.26. The van der Waals surface area contributed by atoms with E-state index in [1.54, 1.807) is 24.3 Å². The van der Waals surface area contributed by atoms with Crippen molar-refractivity contribution in [3.63, 3.8) is 0 Å². The minimum Gasteiger partial charge on any atom is -0.507 e. The van der Waals surface area contributed by atoms with Gasteiger partial charge in [0.2, 0.25) is 0 Å². The van der Waals surface area contributed by atoms with Gasteiger partial charge >= 0.3 is 0 Å². The molecule has 0 aliphatic carbocycles. The molecule has 7 heteroatoms. The van der Waals surface area contributed by atoms with Crippen molar-refractivity contribution in [2.45, 2.75) is 12.5 Å². The summed E-state index contributed by atoms with van der Waals surface area (Å²) < 4.78 is 26.0. The number of aliphatic hydroxyl groups is 1. The topological polar surface area (TPSA) is 76.1 Å². The first-order chi connectivity index (χ1) is 16.5. The molecule has 6 nitrogen and oxygen atoms in total. The number of amides is 1. The van der Waals surface area contributed by atoms with E-state index in [1.807, 2.05) is 30.3 Å². The van der Waals surface area contributed by atoms with Crippen LogP contribution in [0.25, 0.3) is 5.76 Å². The van der Waals surface area contributed by atoms with Crippen LogP contribution in [-0.4, -0.2) is 41.5 Å². The summed E-state index contributed by atoms with van der Waals surface area (Å²) in [6.07, 6.45) is 0.475. The highest BCUT2D eigenvalue weighted by molar-refractivity contribution is 6.46. The van der Waals surface area contributed by atoms with Crippen molar-refractivity contribution in [1.82, 2.24) is 4.90 Å². The Kier molecular flexibility index (Phi) is 5.76. The second-order valence-corrected chi connectivity index (χ2v) is 8.11. The van der Waals surface area contributed by atoms with Crippen LogP contribution < -0.4 is 9.47 Å². The number of hydrogen-bond donors (Lipinski definition) is 1. The van der Waals surface area contributed by atoms with Gasteiger partial charge < -0.3 is 19.5 Å². The van der Waals surface area contributed by atoms with E-state index in [0.717, 1.165) is 5.56 Å². The first-order valence-electron chi connectivity index (χ1n) is 11.0. The van der Waals surface area contributed by atoms with E-state index in [1.165, 1.54) is 23.1 Å². The summed E-state index contributed by atoms with van der Waals surface area (Å²) in [6, 6.07) is 19.2. The third-order valence-corrected chi connectivity index (χ3v) is 6.04. The lowest BCUT2D eigenvalue weighted by atomic mass is 9.94. The molecule has 3 aromatic rings. The smallest absolute Gasteiger partial charge is 0.295 e. The molecule has 0 radical (unpaired) electrons. The molecule has 1 amide bonds. The van der Waals surface area contributed by atoms with Crippen LogP contribution in [0.15, 0.2) is 78.4 Å². The van der Waals surface area contributed by atoms with Crippen LogP contribution in [-0.2, 0) is 16.0 Å². The van der Waals surface area contributed by atoms with E-state index in [-0.39, 0.29) is 29.0 Å².